The number of aryl methyl sites for hydroxylation is 2. The highest BCUT2D eigenvalue weighted by Crippen LogP contribution is 2.30. The molecule has 6 heteroatoms. The minimum atomic E-state index is -4.37. The maximum absolute atomic E-state index is 12.6. The summed E-state index contributed by atoms with van der Waals surface area (Å²) in [6.07, 6.45) is -0.245. The van der Waals surface area contributed by atoms with Crippen LogP contribution in [0.1, 0.15) is 16.8 Å². The third-order valence-corrected chi connectivity index (χ3v) is 3.59. The first kappa shape index (κ1) is 14.0. The number of rotatable bonds is 4. The highest BCUT2D eigenvalue weighted by molar-refractivity contribution is 7.98. The van der Waals surface area contributed by atoms with Crippen molar-refractivity contribution in [3.63, 3.8) is 0 Å². The van der Waals surface area contributed by atoms with Crippen LogP contribution in [0.4, 0.5) is 13.2 Å². The van der Waals surface area contributed by atoms with Crippen LogP contribution >= 0.6 is 11.8 Å². The molecule has 1 aromatic carbocycles. The Morgan fingerprint density at radius 2 is 1.84 bits per heavy atom. The fourth-order valence-corrected chi connectivity index (χ4v) is 2.23. The number of hydrogen-bond donors (Lipinski definition) is 1. The van der Waals surface area contributed by atoms with Gasteiger partial charge in [0.2, 0.25) is 0 Å². The lowest BCUT2D eigenvalue weighted by molar-refractivity contribution is -0.141. The van der Waals surface area contributed by atoms with E-state index in [2.05, 4.69) is 5.10 Å². The Bertz CT molecular complexity index is 532. The number of nitrogens with one attached hydrogen (secondary N) is 1. The fourth-order valence-electron chi connectivity index (χ4n) is 1.82. The van der Waals surface area contributed by atoms with E-state index in [0.717, 1.165) is 10.5 Å². The molecule has 0 saturated heterocycles. The predicted octanol–water partition coefficient (Wildman–Crippen LogP) is 3.94. The van der Waals surface area contributed by atoms with Crippen molar-refractivity contribution in [3.8, 4) is 0 Å². The number of H-pyrrole nitrogens is 1. The molecule has 102 valence electrons. The lowest BCUT2D eigenvalue weighted by Gasteiger charge is -2.07. The van der Waals surface area contributed by atoms with E-state index in [9.17, 15) is 13.2 Å². The molecule has 2 rings (SSSR count). The maximum atomic E-state index is 12.6. The van der Waals surface area contributed by atoms with Gasteiger partial charge in [-0.05, 0) is 36.8 Å². The van der Waals surface area contributed by atoms with Gasteiger partial charge in [-0.2, -0.15) is 18.3 Å². The van der Waals surface area contributed by atoms with Crippen LogP contribution in [0, 0.1) is 0 Å². The van der Waals surface area contributed by atoms with Crippen LogP contribution in [0.5, 0.6) is 0 Å². The number of benzene rings is 1. The van der Waals surface area contributed by atoms with E-state index in [0.29, 0.717) is 12.8 Å². The summed E-state index contributed by atoms with van der Waals surface area (Å²) in [6, 6.07) is 7.83. The standard InChI is InChI=1S/C13H13F3N2S/c1-19-11-6-3-9(4-7-11)2-5-10-8-17-18-12(10)13(14,15)16/h3-4,6-8H,2,5H2,1H3,(H,17,18). The molecular formula is C13H13F3N2S. The van der Waals surface area contributed by atoms with Gasteiger partial charge in [0.05, 0.1) is 6.20 Å². The Morgan fingerprint density at radius 1 is 1.16 bits per heavy atom. The van der Waals surface area contributed by atoms with Crippen molar-refractivity contribution in [2.75, 3.05) is 6.26 Å². The number of halogens is 3. The fraction of sp³-hybridized carbons (Fsp3) is 0.308. The zero-order valence-corrected chi connectivity index (χ0v) is 11.1. The highest BCUT2D eigenvalue weighted by Gasteiger charge is 2.35. The second kappa shape index (κ2) is 5.69. The molecule has 0 amide bonds. The monoisotopic (exact) mass is 286 g/mol. The number of alkyl halides is 3. The molecule has 0 aliphatic rings. The van der Waals surface area contributed by atoms with Gasteiger partial charge >= 0.3 is 6.18 Å². The van der Waals surface area contributed by atoms with Crippen molar-refractivity contribution in [2.24, 2.45) is 0 Å². The molecule has 0 aliphatic heterocycles. The summed E-state index contributed by atoms with van der Waals surface area (Å²) in [7, 11) is 0. The van der Waals surface area contributed by atoms with Gasteiger partial charge in [-0.15, -0.1) is 11.8 Å². The quantitative estimate of drug-likeness (QED) is 0.863. The molecule has 0 atom stereocenters. The molecule has 1 aromatic heterocycles. The zero-order chi connectivity index (χ0) is 13.9. The van der Waals surface area contributed by atoms with Crippen LogP contribution in [-0.2, 0) is 19.0 Å². The van der Waals surface area contributed by atoms with Gasteiger partial charge in [-0.25, -0.2) is 0 Å². The molecule has 1 N–H and O–H groups in total. The molecule has 1 heterocycles. The van der Waals surface area contributed by atoms with Gasteiger partial charge < -0.3 is 0 Å². The number of thioether (sulfide) groups is 1. The molecule has 19 heavy (non-hydrogen) atoms. The number of nitrogens with zero attached hydrogens (tertiary/aromatic N) is 1. The summed E-state index contributed by atoms with van der Waals surface area (Å²) in [5.74, 6) is 0. The van der Waals surface area contributed by atoms with E-state index < -0.39 is 11.9 Å². The lowest BCUT2D eigenvalue weighted by Crippen LogP contribution is -2.09. The van der Waals surface area contributed by atoms with Gasteiger partial charge in [0.1, 0.15) is 5.69 Å². The molecule has 0 bridgehead atoms. The molecule has 0 aliphatic carbocycles. The van der Waals surface area contributed by atoms with Crippen LogP contribution in [-0.4, -0.2) is 16.5 Å². The molecule has 0 spiro atoms. The average Bonchev–Trinajstić information content (AvgIpc) is 2.85. The normalized spacial score (nSPS) is 11.8. The third-order valence-electron chi connectivity index (χ3n) is 2.84. The van der Waals surface area contributed by atoms with Crippen LogP contribution in [0.25, 0.3) is 0 Å². The van der Waals surface area contributed by atoms with Crippen molar-refractivity contribution >= 4 is 11.8 Å². The second-order valence-electron chi connectivity index (χ2n) is 4.12. The van der Waals surface area contributed by atoms with Gasteiger partial charge in [-0.3, -0.25) is 5.10 Å². The van der Waals surface area contributed by atoms with E-state index in [1.165, 1.54) is 6.20 Å². The van der Waals surface area contributed by atoms with Crippen LogP contribution in [0.15, 0.2) is 35.4 Å². The molecule has 0 radical (unpaired) electrons. The van der Waals surface area contributed by atoms with Crippen LogP contribution in [0.3, 0.4) is 0 Å². The Morgan fingerprint density at radius 3 is 2.42 bits per heavy atom. The van der Waals surface area contributed by atoms with Crippen molar-refractivity contribution in [2.45, 2.75) is 23.9 Å². The maximum Gasteiger partial charge on any atom is 0.433 e. The third kappa shape index (κ3) is 3.53. The Kier molecular flexibility index (Phi) is 4.19. The summed E-state index contributed by atoms with van der Waals surface area (Å²) >= 11 is 1.64. The van der Waals surface area contributed by atoms with E-state index >= 15 is 0 Å². The summed E-state index contributed by atoms with van der Waals surface area (Å²) in [4.78, 5) is 1.14. The Labute approximate surface area is 113 Å². The lowest BCUT2D eigenvalue weighted by atomic mass is 10.0. The van der Waals surface area contributed by atoms with Crippen molar-refractivity contribution < 1.29 is 13.2 Å². The minimum Gasteiger partial charge on any atom is -0.273 e. The van der Waals surface area contributed by atoms with Gasteiger partial charge in [0.25, 0.3) is 0 Å². The highest BCUT2D eigenvalue weighted by atomic mass is 32.2. The van der Waals surface area contributed by atoms with Crippen molar-refractivity contribution in [1.29, 1.82) is 0 Å². The largest absolute Gasteiger partial charge is 0.433 e. The predicted molar refractivity (Wildman–Crippen MR) is 69.2 cm³/mol. The SMILES string of the molecule is CSc1ccc(CCc2cn[nH]c2C(F)(F)F)cc1. The summed E-state index contributed by atoms with van der Waals surface area (Å²) in [6.45, 7) is 0. The minimum absolute atomic E-state index is 0.210. The first-order valence-electron chi connectivity index (χ1n) is 5.73. The van der Waals surface area contributed by atoms with E-state index in [1.54, 1.807) is 11.8 Å². The van der Waals surface area contributed by atoms with Crippen LogP contribution < -0.4 is 0 Å². The molecule has 0 saturated carbocycles. The summed E-state index contributed by atoms with van der Waals surface area (Å²) < 4.78 is 37.9. The van der Waals surface area contributed by atoms with Crippen LogP contribution in [0.2, 0.25) is 0 Å². The molecule has 2 aromatic rings. The molecule has 0 unspecified atom stereocenters. The Balaban J connectivity index is 2.04. The summed E-state index contributed by atoms with van der Waals surface area (Å²) in [5.41, 5.74) is 0.488. The molecular weight excluding hydrogens is 273 g/mol. The topological polar surface area (TPSA) is 28.7 Å². The summed E-state index contributed by atoms with van der Waals surface area (Å²) in [5, 5.41) is 5.50. The average molecular weight is 286 g/mol. The van der Waals surface area contributed by atoms with Gasteiger partial charge in [0.15, 0.2) is 0 Å². The number of aromatic nitrogens is 2. The smallest absolute Gasteiger partial charge is 0.273 e. The van der Waals surface area contributed by atoms with E-state index in [-0.39, 0.29) is 5.56 Å². The molecule has 0 fully saturated rings. The van der Waals surface area contributed by atoms with Gasteiger partial charge in [0, 0.05) is 10.5 Å². The first-order chi connectivity index (χ1) is 9.00. The number of hydrogen-bond acceptors (Lipinski definition) is 2. The Hall–Kier alpha value is -1.43. The van der Waals surface area contributed by atoms with Gasteiger partial charge in [-0.1, -0.05) is 12.1 Å². The van der Waals surface area contributed by atoms with Crippen molar-refractivity contribution in [3.05, 3.63) is 47.3 Å². The van der Waals surface area contributed by atoms with E-state index in [4.69, 9.17) is 0 Å². The first-order valence-corrected chi connectivity index (χ1v) is 6.95. The number of aromatic amines is 1. The van der Waals surface area contributed by atoms with E-state index in [1.807, 2.05) is 35.6 Å². The zero-order valence-electron chi connectivity index (χ0n) is 10.3. The molecule has 2 nitrogen and oxygen atoms in total. The second-order valence-corrected chi connectivity index (χ2v) is 5.00. The van der Waals surface area contributed by atoms with Crippen molar-refractivity contribution in [1.82, 2.24) is 10.2 Å².